The first-order chi connectivity index (χ1) is 8.66. The van der Waals surface area contributed by atoms with E-state index in [1.54, 1.807) is 0 Å². The highest BCUT2D eigenvalue weighted by atomic mass is 19.1. The Morgan fingerprint density at radius 1 is 1.28 bits per heavy atom. The van der Waals surface area contributed by atoms with Gasteiger partial charge in [0.2, 0.25) is 0 Å². The molecule has 1 aromatic rings. The molecule has 2 N–H and O–H groups in total. The molecule has 2 rings (SSSR count). The fourth-order valence-electron chi connectivity index (χ4n) is 2.16. The van der Waals surface area contributed by atoms with Gasteiger partial charge in [0, 0.05) is 43.9 Å². The Morgan fingerprint density at radius 3 is 2.89 bits per heavy atom. The van der Waals surface area contributed by atoms with Crippen molar-refractivity contribution in [2.75, 3.05) is 32.8 Å². The maximum atomic E-state index is 13.6. The van der Waals surface area contributed by atoms with Crippen LogP contribution in [0.2, 0.25) is 0 Å². The predicted octanol–water partition coefficient (Wildman–Crippen LogP) is 1.69. The summed E-state index contributed by atoms with van der Waals surface area (Å²) in [6.45, 7) is 3.70. The Bertz CT molecular complexity index is 393. The van der Waals surface area contributed by atoms with Crippen LogP contribution in [0, 0.1) is 11.6 Å². The smallest absolute Gasteiger partial charge is 0.130 e. The number of ether oxygens (including phenoxy) is 1. The Labute approximate surface area is 106 Å². The van der Waals surface area contributed by atoms with Crippen LogP contribution in [0.4, 0.5) is 8.78 Å². The van der Waals surface area contributed by atoms with Crippen LogP contribution in [0.3, 0.4) is 0 Å². The molecule has 0 aromatic heterocycles. The summed E-state index contributed by atoms with van der Waals surface area (Å²) in [5.41, 5.74) is 6.35. The zero-order valence-electron chi connectivity index (χ0n) is 10.2. The van der Waals surface area contributed by atoms with E-state index in [-0.39, 0.29) is 0 Å². The molecule has 3 nitrogen and oxygen atoms in total. The van der Waals surface area contributed by atoms with Gasteiger partial charge in [-0.15, -0.1) is 0 Å². The van der Waals surface area contributed by atoms with Crippen molar-refractivity contribution < 1.29 is 13.5 Å². The summed E-state index contributed by atoms with van der Waals surface area (Å²) in [7, 11) is 0. The minimum atomic E-state index is -0.577. The molecule has 0 amide bonds. The third kappa shape index (κ3) is 3.48. The standard InChI is InChI=1S/C13H18F2N2O/c14-10-2-3-11(12(15)8-10)13(16)9-17-4-1-6-18-7-5-17/h2-3,8,13H,1,4-7,9,16H2. The highest BCUT2D eigenvalue weighted by molar-refractivity contribution is 5.22. The van der Waals surface area contributed by atoms with Crippen LogP contribution in [0.25, 0.3) is 0 Å². The van der Waals surface area contributed by atoms with E-state index >= 15 is 0 Å². The summed E-state index contributed by atoms with van der Waals surface area (Å²) < 4.78 is 31.7. The molecule has 1 heterocycles. The van der Waals surface area contributed by atoms with E-state index in [1.807, 2.05) is 0 Å². The quantitative estimate of drug-likeness (QED) is 0.894. The molecule has 100 valence electrons. The van der Waals surface area contributed by atoms with Crippen LogP contribution in [-0.4, -0.2) is 37.7 Å². The molecule has 18 heavy (non-hydrogen) atoms. The normalized spacial score (nSPS) is 19.5. The number of benzene rings is 1. The van der Waals surface area contributed by atoms with Crippen molar-refractivity contribution in [1.29, 1.82) is 0 Å². The number of nitrogens with two attached hydrogens (primary N) is 1. The van der Waals surface area contributed by atoms with Gasteiger partial charge >= 0.3 is 0 Å². The maximum Gasteiger partial charge on any atom is 0.130 e. The summed E-state index contributed by atoms with van der Waals surface area (Å²) in [5.74, 6) is -1.15. The van der Waals surface area contributed by atoms with Gasteiger partial charge in [0.1, 0.15) is 11.6 Å². The molecule has 1 fully saturated rings. The third-order valence-corrected chi connectivity index (χ3v) is 3.13. The largest absolute Gasteiger partial charge is 0.380 e. The Balaban J connectivity index is 1.99. The van der Waals surface area contributed by atoms with Crippen molar-refractivity contribution in [3.05, 3.63) is 35.4 Å². The van der Waals surface area contributed by atoms with Crippen LogP contribution >= 0.6 is 0 Å². The van der Waals surface area contributed by atoms with Crippen LogP contribution in [0.15, 0.2) is 18.2 Å². The molecule has 1 unspecified atom stereocenters. The molecule has 0 spiro atoms. The first-order valence-electron chi connectivity index (χ1n) is 6.17. The molecule has 5 heteroatoms. The van der Waals surface area contributed by atoms with E-state index in [2.05, 4.69) is 4.90 Å². The van der Waals surface area contributed by atoms with Gasteiger partial charge in [-0.3, -0.25) is 4.90 Å². The number of hydrogen-bond donors (Lipinski definition) is 1. The van der Waals surface area contributed by atoms with Crippen molar-refractivity contribution in [3.63, 3.8) is 0 Å². The minimum absolute atomic E-state index is 0.363. The molecule has 1 aliphatic heterocycles. The van der Waals surface area contributed by atoms with Crippen molar-refractivity contribution in [2.24, 2.45) is 5.73 Å². The number of hydrogen-bond acceptors (Lipinski definition) is 3. The molecule has 0 saturated carbocycles. The van der Waals surface area contributed by atoms with Gasteiger partial charge in [-0.2, -0.15) is 0 Å². The van der Waals surface area contributed by atoms with Crippen LogP contribution in [-0.2, 0) is 4.74 Å². The summed E-state index contributed by atoms with van der Waals surface area (Å²) in [6.07, 6.45) is 0.957. The van der Waals surface area contributed by atoms with Crippen molar-refractivity contribution in [2.45, 2.75) is 12.5 Å². The van der Waals surface area contributed by atoms with Crippen molar-refractivity contribution in [3.8, 4) is 0 Å². The number of halogens is 2. The maximum absolute atomic E-state index is 13.6. The summed E-state index contributed by atoms with van der Waals surface area (Å²) in [6, 6.07) is 3.09. The molecule has 1 atom stereocenters. The van der Waals surface area contributed by atoms with E-state index in [1.165, 1.54) is 12.1 Å². The molecule has 0 bridgehead atoms. The van der Waals surface area contributed by atoms with E-state index in [0.29, 0.717) is 18.7 Å². The van der Waals surface area contributed by atoms with Gasteiger partial charge in [-0.05, 0) is 12.5 Å². The molecule has 0 radical (unpaired) electrons. The second-order valence-corrected chi connectivity index (χ2v) is 4.54. The van der Waals surface area contributed by atoms with Crippen LogP contribution in [0.5, 0.6) is 0 Å². The zero-order valence-corrected chi connectivity index (χ0v) is 10.2. The SMILES string of the molecule is NC(CN1CCCOCC1)c1ccc(F)cc1F. The topological polar surface area (TPSA) is 38.5 Å². The average molecular weight is 256 g/mol. The van der Waals surface area contributed by atoms with Crippen LogP contribution < -0.4 is 5.73 Å². The number of nitrogens with zero attached hydrogens (tertiary/aromatic N) is 1. The molecular formula is C13H18F2N2O. The molecule has 1 aromatic carbocycles. The second-order valence-electron chi connectivity index (χ2n) is 4.54. The Kier molecular flexibility index (Phi) is 4.63. The van der Waals surface area contributed by atoms with Gasteiger partial charge in [0.05, 0.1) is 6.61 Å². The van der Waals surface area contributed by atoms with E-state index < -0.39 is 17.7 Å². The minimum Gasteiger partial charge on any atom is -0.380 e. The molecule has 1 saturated heterocycles. The Morgan fingerprint density at radius 2 is 2.11 bits per heavy atom. The predicted molar refractivity (Wildman–Crippen MR) is 65.2 cm³/mol. The lowest BCUT2D eigenvalue weighted by atomic mass is 10.1. The summed E-state index contributed by atoms with van der Waals surface area (Å²) in [4.78, 5) is 2.15. The highest BCUT2D eigenvalue weighted by Crippen LogP contribution is 2.17. The van der Waals surface area contributed by atoms with Gasteiger partial charge in [0.15, 0.2) is 0 Å². The van der Waals surface area contributed by atoms with E-state index in [9.17, 15) is 8.78 Å². The van der Waals surface area contributed by atoms with Gasteiger partial charge in [-0.1, -0.05) is 6.07 Å². The lowest BCUT2D eigenvalue weighted by Crippen LogP contribution is -2.34. The highest BCUT2D eigenvalue weighted by Gasteiger charge is 2.17. The lowest BCUT2D eigenvalue weighted by Gasteiger charge is -2.23. The van der Waals surface area contributed by atoms with Gasteiger partial charge in [0.25, 0.3) is 0 Å². The zero-order chi connectivity index (χ0) is 13.0. The Hall–Kier alpha value is -1.04. The summed E-state index contributed by atoms with van der Waals surface area (Å²) in [5, 5.41) is 0. The third-order valence-electron chi connectivity index (χ3n) is 3.13. The van der Waals surface area contributed by atoms with E-state index in [4.69, 9.17) is 10.5 Å². The molecule has 1 aliphatic rings. The van der Waals surface area contributed by atoms with Crippen molar-refractivity contribution in [1.82, 2.24) is 4.90 Å². The number of rotatable bonds is 3. The fraction of sp³-hybridized carbons (Fsp3) is 0.538. The first kappa shape index (κ1) is 13.4. The van der Waals surface area contributed by atoms with Crippen molar-refractivity contribution >= 4 is 0 Å². The summed E-state index contributed by atoms with van der Waals surface area (Å²) >= 11 is 0. The van der Waals surface area contributed by atoms with E-state index in [0.717, 1.165) is 32.2 Å². The van der Waals surface area contributed by atoms with Gasteiger partial charge in [-0.25, -0.2) is 8.78 Å². The first-order valence-corrected chi connectivity index (χ1v) is 6.17. The lowest BCUT2D eigenvalue weighted by molar-refractivity contribution is 0.140. The fourth-order valence-corrected chi connectivity index (χ4v) is 2.16. The molecule has 0 aliphatic carbocycles. The molecular weight excluding hydrogens is 238 g/mol. The van der Waals surface area contributed by atoms with Gasteiger partial charge < -0.3 is 10.5 Å². The monoisotopic (exact) mass is 256 g/mol. The average Bonchev–Trinajstić information content (AvgIpc) is 2.57. The second kappa shape index (κ2) is 6.22. The van der Waals surface area contributed by atoms with Crippen LogP contribution in [0.1, 0.15) is 18.0 Å².